The summed E-state index contributed by atoms with van der Waals surface area (Å²) in [6.07, 6.45) is -4.50. The van der Waals surface area contributed by atoms with Crippen molar-refractivity contribution in [2.45, 2.75) is 31.3 Å². The predicted molar refractivity (Wildman–Crippen MR) is 87.9 cm³/mol. The Kier molecular flexibility index (Phi) is 5.68. The van der Waals surface area contributed by atoms with Crippen molar-refractivity contribution in [3.05, 3.63) is 40.2 Å². The molecule has 0 aliphatic heterocycles. The van der Waals surface area contributed by atoms with Crippen molar-refractivity contribution in [2.75, 3.05) is 11.9 Å². The Morgan fingerprint density at radius 1 is 1.21 bits per heavy atom. The van der Waals surface area contributed by atoms with E-state index in [2.05, 4.69) is 10.3 Å². The van der Waals surface area contributed by atoms with Crippen LogP contribution in [-0.2, 0) is 4.79 Å². The number of H-pyrrole nitrogens is 1. The second-order valence-corrected chi connectivity index (χ2v) is 5.62. The lowest BCUT2D eigenvalue weighted by atomic mass is 10.0. The van der Waals surface area contributed by atoms with E-state index in [0.717, 1.165) is 5.39 Å². The summed E-state index contributed by atoms with van der Waals surface area (Å²) in [7, 11) is 0. The minimum Gasteiger partial charge on any atom is -0.394 e. The van der Waals surface area contributed by atoms with Gasteiger partial charge in [0.2, 0.25) is 0 Å². The number of benzene rings is 1. The molecule has 2 rings (SSSR count). The van der Waals surface area contributed by atoms with Crippen LogP contribution in [0.2, 0.25) is 0 Å². The molecule has 0 fully saturated rings. The number of aliphatic hydroxyl groups excluding tert-OH is 4. The molecule has 0 saturated heterocycles. The monoisotopic (exact) mass is 336 g/mol. The summed E-state index contributed by atoms with van der Waals surface area (Å²) in [5.41, 5.74) is 1.33. The van der Waals surface area contributed by atoms with Crippen molar-refractivity contribution in [2.24, 2.45) is 0 Å². The van der Waals surface area contributed by atoms with Crippen LogP contribution in [0.25, 0.3) is 10.9 Å². The number of aromatic amines is 1. The number of pyridine rings is 1. The van der Waals surface area contributed by atoms with Gasteiger partial charge in [0, 0.05) is 11.3 Å². The summed E-state index contributed by atoms with van der Waals surface area (Å²) in [5, 5.41) is 41.3. The van der Waals surface area contributed by atoms with Gasteiger partial charge in [-0.1, -0.05) is 6.07 Å². The maximum Gasteiger partial charge on any atom is 0.251 e. The van der Waals surface area contributed by atoms with Gasteiger partial charge in [0.1, 0.15) is 30.6 Å². The highest BCUT2D eigenvalue weighted by molar-refractivity contribution is 5.83. The first-order valence-electron chi connectivity index (χ1n) is 7.38. The lowest BCUT2D eigenvalue weighted by molar-refractivity contribution is -0.117. The van der Waals surface area contributed by atoms with Gasteiger partial charge >= 0.3 is 0 Å². The van der Waals surface area contributed by atoms with Crippen LogP contribution < -0.4 is 10.9 Å². The highest BCUT2D eigenvalue weighted by Gasteiger charge is 2.31. The van der Waals surface area contributed by atoms with Crippen molar-refractivity contribution in [1.82, 2.24) is 4.98 Å². The third kappa shape index (κ3) is 3.80. The van der Waals surface area contributed by atoms with Gasteiger partial charge in [-0.25, -0.2) is 0 Å². The van der Waals surface area contributed by atoms with Crippen LogP contribution in [0.1, 0.15) is 5.56 Å². The van der Waals surface area contributed by atoms with E-state index in [1.54, 1.807) is 31.2 Å². The highest BCUT2D eigenvalue weighted by atomic mass is 16.4. The maximum atomic E-state index is 11.7. The van der Waals surface area contributed by atoms with E-state index >= 15 is 0 Å². The summed E-state index contributed by atoms with van der Waals surface area (Å²) >= 11 is 0. The standard InChI is InChI=1S/C16H20N2O6/c1-8-4-9-2-3-10(5-11(9)18-16(8)24)17-12(6-19)14(22)15(23)13(21)7-20/h2-6,12-15,17,20-23H,7H2,1H3,(H,18,24)/t12-,13+,14+,15+/m0/s1. The molecule has 0 saturated carbocycles. The Morgan fingerprint density at radius 3 is 2.54 bits per heavy atom. The van der Waals surface area contributed by atoms with Crippen LogP contribution in [0, 0.1) is 6.92 Å². The number of anilines is 1. The predicted octanol–water partition coefficient (Wildman–Crippen LogP) is -1.11. The van der Waals surface area contributed by atoms with Crippen molar-refractivity contribution in [3.8, 4) is 0 Å². The lowest BCUT2D eigenvalue weighted by Crippen LogP contribution is -2.49. The molecule has 0 radical (unpaired) electrons. The van der Waals surface area contributed by atoms with Crippen molar-refractivity contribution in [3.63, 3.8) is 0 Å². The second-order valence-electron chi connectivity index (χ2n) is 5.62. The molecule has 130 valence electrons. The Hall–Kier alpha value is -2.26. The molecule has 0 unspecified atom stereocenters. The van der Waals surface area contributed by atoms with Crippen LogP contribution in [0.4, 0.5) is 5.69 Å². The van der Waals surface area contributed by atoms with E-state index in [0.29, 0.717) is 23.1 Å². The van der Waals surface area contributed by atoms with Gasteiger partial charge in [-0.3, -0.25) is 4.79 Å². The van der Waals surface area contributed by atoms with Crippen LogP contribution in [0.3, 0.4) is 0 Å². The number of hydrogen-bond donors (Lipinski definition) is 6. The average molecular weight is 336 g/mol. The van der Waals surface area contributed by atoms with E-state index in [-0.39, 0.29) is 5.56 Å². The van der Waals surface area contributed by atoms with E-state index in [1.165, 1.54) is 0 Å². The van der Waals surface area contributed by atoms with E-state index in [9.17, 15) is 24.9 Å². The number of aromatic nitrogens is 1. The lowest BCUT2D eigenvalue weighted by Gasteiger charge is -2.26. The zero-order chi connectivity index (χ0) is 17.9. The minimum absolute atomic E-state index is 0.229. The molecule has 8 nitrogen and oxygen atoms in total. The number of aryl methyl sites for hydroxylation is 1. The molecule has 0 spiro atoms. The first-order chi connectivity index (χ1) is 11.4. The number of fused-ring (bicyclic) bond motifs is 1. The van der Waals surface area contributed by atoms with Crippen LogP contribution in [-0.4, -0.2) is 62.7 Å². The third-order valence-corrected chi connectivity index (χ3v) is 3.81. The molecule has 8 heteroatoms. The van der Waals surface area contributed by atoms with Gasteiger partial charge in [0.05, 0.1) is 12.1 Å². The zero-order valence-corrected chi connectivity index (χ0v) is 13.0. The van der Waals surface area contributed by atoms with Gasteiger partial charge < -0.3 is 35.5 Å². The van der Waals surface area contributed by atoms with Crippen molar-refractivity contribution in [1.29, 1.82) is 0 Å². The first-order valence-corrected chi connectivity index (χ1v) is 7.38. The first kappa shape index (κ1) is 18.1. The molecular weight excluding hydrogens is 316 g/mol. The molecular formula is C16H20N2O6. The SMILES string of the molecule is Cc1cc2ccc(N[C@@H](C=O)[C@@H](O)[C@H](O)[C@H](O)CO)cc2[nH]c1=O. The van der Waals surface area contributed by atoms with Crippen LogP contribution in [0.15, 0.2) is 29.1 Å². The Labute approximate surface area is 137 Å². The van der Waals surface area contributed by atoms with Gasteiger partial charge in [-0.05, 0) is 30.5 Å². The van der Waals surface area contributed by atoms with E-state index < -0.39 is 31.0 Å². The molecule has 2 aromatic rings. The Morgan fingerprint density at radius 2 is 1.92 bits per heavy atom. The Balaban J connectivity index is 2.24. The quantitative estimate of drug-likeness (QED) is 0.352. The minimum atomic E-state index is -1.69. The molecule has 1 aromatic carbocycles. The molecule has 0 aliphatic carbocycles. The molecule has 0 bridgehead atoms. The van der Waals surface area contributed by atoms with Gasteiger partial charge in [0.15, 0.2) is 0 Å². The number of rotatable bonds is 7. The Bertz CT molecular complexity index is 775. The van der Waals surface area contributed by atoms with Crippen LogP contribution >= 0.6 is 0 Å². The zero-order valence-electron chi connectivity index (χ0n) is 13.0. The largest absolute Gasteiger partial charge is 0.394 e. The highest BCUT2D eigenvalue weighted by Crippen LogP contribution is 2.18. The number of carbonyl (C=O) groups excluding carboxylic acids is 1. The van der Waals surface area contributed by atoms with Crippen molar-refractivity contribution >= 4 is 22.9 Å². The normalized spacial score (nSPS) is 16.4. The summed E-state index contributed by atoms with van der Waals surface area (Å²) < 4.78 is 0. The second kappa shape index (κ2) is 7.54. The van der Waals surface area contributed by atoms with Crippen molar-refractivity contribution < 1.29 is 25.2 Å². The number of aldehydes is 1. The maximum absolute atomic E-state index is 11.7. The summed E-state index contributed by atoms with van der Waals surface area (Å²) in [6, 6.07) is 5.49. The number of carbonyl (C=O) groups is 1. The van der Waals surface area contributed by atoms with Gasteiger partial charge in [-0.15, -0.1) is 0 Å². The fourth-order valence-corrected chi connectivity index (χ4v) is 2.34. The van der Waals surface area contributed by atoms with E-state index in [4.69, 9.17) is 5.11 Å². The van der Waals surface area contributed by atoms with Gasteiger partial charge in [-0.2, -0.15) is 0 Å². The molecule has 1 aromatic heterocycles. The third-order valence-electron chi connectivity index (χ3n) is 3.81. The number of nitrogens with one attached hydrogen (secondary N) is 2. The smallest absolute Gasteiger partial charge is 0.251 e. The van der Waals surface area contributed by atoms with Gasteiger partial charge in [0.25, 0.3) is 5.56 Å². The summed E-state index contributed by atoms with van der Waals surface area (Å²) in [6.45, 7) is 0.942. The molecule has 0 amide bonds. The molecule has 1 heterocycles. The number of aliphatic hydroxyl groups is 4. The molecule has 6 N–H and O–H groups in total. The fourth-order valence-electron chi connectivity index (χ4n) is 2.34. The number of hydrogen-bond acceptors (Lipinski definition) is 7. The average Bonchev–Trinajstić information content (AvgIpc) is 2.58. The van der Waals surface area contributed by atoms with E-state index in [1.807, 2.05) is 0 Å². The molecule has 4 atom stereocenters. The summed E-state index contributed by atoms with van der Waals surface area (Å²) in [4.78, 5) is 25.6. The fraction of sp³-hybridized carbons (Fsp3) is 0.375. The topological polar surface area (TPSA) is 143 Å². The van der Waals surface area contributed by atoms with Crippen LogP contribution in [0.5, 0.6) is 0 Å². The summed E-state index contributed by atoms with van der Waals surface area (Å²) in [5.74, 6) is 0. The molecule has 24 heavy (non-hydrogen) atoms. The molecule has 0 aliphatic rings.